The van der Waals surface area contributed by atoms with Gasteiger partial charge in [0.2, 0.25) is 0 Å². The van der Waals surface area contributed by atoms with Gasteiger partial charge in [0, 0.05) is 18.5 Å². The Labute approximate surface area is 122 Å². The van der Waals surface area contributed by atoms with Crippen LogP contribution in [0.4, 0.5) is 0 Å². The van der Waals surface area contributed by atoms with Gasteiger partial charge in [-0.15, -0.1) is 0 Å². The third kappa shape index (κ3) is 4.23. The molecule has 2 rings (SSSR count). The minimum Gasteiger partial charge on any atom is -0.395 e. The molecule has 1 heterocycles. The molecule has 2 atom stereocenters. The predicted octanol–water partition coefficient (Wildman–Crippen LogP) is 2.94. The van der Waals surface area contributed by atoms with E-state index in [-0.39, 0.29) is 6.61 Å². The molecule has 1 aromatic rings. The molecule has 2 nitrogen and oxygen atoms in total. The second kappa shape index (κ2) is 7.93. The SMILES string of the molecule is OCC1CCCCCN1CC(CS)c1ccccc1. The zero-order valence-electron chi connectivity index (χ0n) is 11.5. The van der Waals surface area contributed by atoms with Crippen molar-refractivity contribution in [1.82, 2.24) is 4.90 Å². The maximum Gasteiger partial charge on any atom is 0.0586 e. The van der Waals surface area contributed by atoms with Crippen molar-refractivity contribution in [3.05, 3.63) is 35.9 Å². The molecule has 1 fully saturated rings. The lowest BCUT2D eigenvalue weighted by atomic mass is 9.99. The molecule has 1 aliphatic heterocycles. The largest absolute Gasteiger partial charge is 0.395 e. The Morgan fingerprint density at radius 3 is 2.68 bits per heavy atom. The summed E-state index contributed by atoms with van der Waals surface area (Å²) in [7, 11) is 0. The third-order valence-corrected chi connectivity index (χ3v) is 4.60. The number of thiol groups is 1. The number of aliphatic hydroxyl groups is 1. The van der Waals surface area contributed by atoms with Gasteiger partial charge < -0.3 is 5.11 Å². The van der Waals surface area contributed by atoms with Gasteiger partial charge in [0.25, 0.3) is 0 Å². The number of hydrogen-bond donors (Lipinski definition) is 2. The second-order valence-electron chi connectivity index (χ2n) is 5.47. The lowest BCUT2D eigenvalue weighted by molar-refractivity contribution is 0.120. The first kappa shape index (κ1) is 14.9. The fourth-order valence-corrected chi connectivity index (χ4v) is 3.29. The van der Waals surface area contributed by atoms with Gasteiger partial charge in [0.05, 0.1) is 6.61 Å². The molecule has 106 valence electrons. The molecule has 1 saturated heterocycles. The van der Waals surface area contributed by atoms with Crippen molar-refractivity contribution in [3.63, 3.8) is 0 Å². The van der Waals surface area contributed by atoms with Crippen LogP contribution in [-0.2, 0) is 0 Å². The van der Waals surface area contributed by atoms with E-state index in [4.69, 9.17) is 0 Å². The lowest BCUT2D eigenvalue weighted by Crippen LogP contribution is -2.40. The van der Waals surface area contributed by atoms with Crippen molar-refractivity contribution in [1.29, 1.82) is 0 Å². The highest BCUT2D eigenvalue weighted by molar-refractivity contribution is 7.80. The zero-order chi connectivity index (χ0) is 13.5. The Bertz CT molecular complexity index is 357. The van der Waals surface area contributed by atoms with Crippen LogP contribution in [0.25, 0.3) is 0 Å². The zero-order valence-corrected chi connectivity index (χ0v) is 12.4. The lowest BCUT2D eigenvalue weighted by Gasteiger charge is -2.31. The van der Waals surface area contributed by atoms with Gasteiger partial charge in [0.1, 0.15) is 0 Å². The number of hydrogen-bond acceptors (Lipinski definition) is 3. The molecule has 0 amide bonds. The summed E-state index contributed by atoms with van der Waals surface area (Å²) in [6.45, 7) is 2.41. The van der Waals surface area contributed by atoms with Gasteiger partial charge in [-0.25, -0.2) is 0 Å². The number of likely N-dealkylation sites (tertiary alicyclic amines) is 1. The smallest absolute Gasteiger partial charge is 0.0586 e. The Morgan fingerprint density at radius 1 is 1.21 bits per heavy atom. The fraction of sp³-hybridized carbons (Fsp3) is 0.625. The van der Waals surface area contributed by atoms with E-state index in [2.05, 4.69) is 47.9 Å². The van der Waals surface area contributed by atoms with Crippen LogP contribution in [0.5, 0.6) is 0 Å². The Balaban J connectivity index is 2.03. The van der Waals surface area contributed by atoms with E-state index in [0.29, 0.717) is 12.0 Å². The van der Waals surface area contributed by atoms with Gasteiger partial charge in [-0.05, 0) is 30.7 Å². The van der Waals surface area contributed by atoms with Gasteiger partial charge in [-0.3, -0.25) is 4.90 Å². The van der Waals surface area contributed by atoms with Crippen LogP contribution in [-0.4, -0.2) is 41.5 Å². The first-order valence-corrected chi connectivity index (χ1v) is 7.99. The summed E-state index contributed by atoms with van der Waals surface area (Å²) >= 11 is 4.52. The van der Waals surface area contributed by atoms with Crippen molar-refractivity contribution in [2.75, 3.05) is 25.4 Å². The quantitative estimate of drug-likeness (QED) is 0.810. The molecule has 0 spiro atoms. The molecule has 3 heteroatoms. The Morgan fingerprint density at radius 2 is 2.00 bits per heavy atom. The van der Waals surface area contributed by atoms with Crippen molar-refractivity contribution in [2.45, 2.75) is 37.6 Å². The van der Waals surface area contributed by atoms with Crippen molar-refractivity contribution in [2.24, 2.45) is 0 Å². The fourth-order valence-electron chi connectivity index (χ4n) is 2.96. The first-order valence-electron chi connectivity index (χ1n) is 7.36. The summed E-state index contributed by atoms with van der Waals surface area (Å²) in [6.07, 6.45) is 4.93. The number of rotatable bonds is 5. The van der Waals surface area contributed by atoms with Crippen molar-refractivity contribution >= 4 is 12.6 Å². The van der Waals surface area contributed by atoms with E-state index in [1.54, 1.807) is 0 Å². The molecular formula is C16H25NOS. The summed E-state index contributed by atoms with van der Waals surface area (Å²) in [6, 6.07) is 11.0. The van der Waals surface area contributed by atoms with E-state index in [1.165, 1.54) is 24.8 Å². The van der Waals surface area contributed by atoms with Gasteiger partial charge in [-0.1, -0.05) is 43.2 Å². The molecule has 0 saturated carbocycles. The van der Waals surface area contributed by atoms with E-state index in [9.17, 15) is 5.11 Å². The average molecular weight is 279 g/mol. The van der Waals surface area contributed by atoms with Gasteiger partial charge in [0.15, 0.2) is 0 Å². The van der Waals surface area contributed by atoms with E-state index in [1.807, 2.05) is 0 Å². The van der Waals surface area contributed by atoms with Crippen molar-refractivity contribution < 1.29 is 5.11 Å². The first-order chi connectivity index (χ1) is 9.35. The summed E-state index contributed by atoms with van der Waals surface area (Å²) in [5.41, 5.74) is 1.36. The van der Waals surface area contributed by atoms with Crippen LogP contribution < -0.4 is 0 Å². The second-order valence-corrected chi connectivity index (χ2v) is 5.84. The Hall–Kier alpha value is -0.510. The summed E-state index contributed by atoms with van der Waals surface area (Å²) in [5.74, 6) is 1.32. The molecule has 0 bridgehead atoms. The predicted molar refractivity (Wildman–Crippen MR) is 84.0 cm³/mol. The van der Waals surface area contributed by atoms with Crippen LogP contribution >= 0.6 is 12.6 Å². The molecule has 1 N–H and O–H groups in total. The highest BCUT2D eigenvalue weighted by Crippen LogP contribution is 2.23. The topological polar surface area (TPSA) is 23.5 Å². The monoisotopic (exact) mass is 279 g/mol. The average Bonchev–Trinajstić information content (AvgIpc) is 2.70. The molecule has 0 radical (unpaired) electrons. The van der Waals surface area contributed by atoms with Crippen LogP contribution in [0.3, 0.4) is 0 Å². The third-order valence-electron chi connectivity index (χ3n) is 4.16. The van der Waals surface area contributed by atoms with Gasteiger partial charge in [-0.2, -0.15) is 12.6 Å². The van der Waals surface area contributed by atoms with Crippen LogP contribution in [0.1, 0.15) is 37.2 Å². The molecule has 0 aliphatic carbocycles. The van der Waals surface area contributed by atoms with Gasteiger partial charge >= 0.3 is 0 Å². The van der Waals surface area contributed by atoms with Crippen LogP contribution in [0.15, 0.2) is 30.3 Å². The highest BCUT2D eigenvalue weighted by atomic mass is 32.1. The molecular weight excluding hydrogens is 254 g/mol. The minimum absolute atomic E-state index is 0.286. The molecule has 1 aromatic carbocycles. The standard InChI is InChI=1S/C16H25NOS/c18-12-16-9-5-2-6-10-17(16)11-15(13-19)14-7-3-1-4-8-14/h1,3-4,7-8,15-16,18-19H,2,5-6,9-13H2. The number of benzene rings is 1. The molecule has 0 aromatic heterocycles. The maximum absolute atomic E-state index is 9.58. The summed E-state index contributed by atoms with van der Waals surface area (Å²) in [4.78, 5) is 2.47. The normalized spacial score (nSPS) is 22.9. The van der Waals surface area contributed by atoms with Crippen LogP contribution in [0.2, 0.25) is 0 Å². The maximum atomic E-state index is 9.58. The molecule has 2 unspecified atom stereocenters. The van der Waals surface area contributed by atoms with E-state index in [0.717, 1.165) is 25.3 Å². The number of nitrogens with zero attached hydrogens (tertiary/aromatic N) is 1. The molecule has 1 aliphatic rings. The minimum atomic E-state index is 0.286. The number of aliphatic hydroxyl groups excluding tert-OH is 1. The van der Waals surface area contributed by atoms with E-state index >= 15 is 0 Å². The Kier molecular flexibility index (Phi) is 6.21. The summed E-state index contributed by atoms with van der Waals surface area (Å²) in [5, 5.41) is 9.58. The summed E-state index contributed by atoms with van der Waals surface area (Å²) < 4.78 is 0. The van der Waals surface area contributed by atoms with Crippen molar-refractivity contribution in [3.8, 4) is 0 Å². The van der Waals surface area contributed by atoms with Crippen LogP contribution in [0, 0.1) is 0 Å². The highest BCUT2D eigenvalue weighted by Gasteiger charge is 2.23. The van der Waals surface area contributed by atoms with E-state index < -0.39 is 0 Å². The molecule has 19 heavy (non-hydrogen) atoms.